The van der Waals surface area contributed by atoms with Crippen LogP contribution < -0.4 is 4.90 Å². The second kappa shape index (κ2) is 13.2. The molecule has 11 aromatic rings. The molecule has 262 valence electrons. The predicted octanol–water partition coefficient (Wildman–Crippen LogP) is 15.0. The molecule has 1 aromatic heterocycles. The molecule has 0 aliphatic rings. The van der Waals surface area contributed by atoms with Crippen molar-refractivity contribution in [3.05, 3.63) is 218 Å². The van der Waals surface area contributed by atoms with Crippen LogP contribution >= 0.6 is 0 Å². The Hall–Kier alpha value is -7.42. The summed E-state index contributed by atoms with van der Waals surface area (Å²) in [4.78, 5) is 2.32. The molecule has 10 aromatic carbocycles. The summed E-state index contributed by atoms with van der Waals surface area (Å²) in [5, 5.41) is 9.22. The zero-order chi connectivity index (χ0) is 41.4. The number of anilines is 3. The molecule has 0 N–H and O–H groups in total. The number of para-hydroxylation sites is 2. The Balaban J connectivity index is 1.05. The normalized spacial score (nSPS) is 12.8. The Morgan fingerprint density at radius 1 is 0.321 bits per heavy atom. The smallest absolute Gasteiger partial charge is 0.0645 e. The van der Waals surface area contributed by atoms with Crippen LogP contribution in [0.5, 0.6) is 0 Å². The summed E-state index contributed by atoms with van der Waals surface area (Å²) < 4.78 is 44.3. The Kier molecular flexibility index (Phi) is 6.39. The van der Waals surface area contributed by atoms with E-state index in [0.29, 0.717) is 0 Å². The lowest BCUT2D eigenvalue weighted by Crippen LogP contribution is -2.10. The second-order valence-corrected chi connectivity index (χ2v) is 14.2. The highest BCUT2D eigenvalue weighted by Crippen LogP contribution is 2.42. The Morgan fingerprint density at radius 3 is 1.43 bits per heavy atom. The van der Waals surface area contributed by atoms with Crippen LogP contribution in [0.1, 0.15) is 6.85 Å². The van der Waals surface area contributed by atoms with Crippen molar-refractivity contribution in [2.45, 2.75) is 0 Å². The van der Waals surface area contributed by atoms with E-state index in [1.54, 1.807) is 4.57 Å². The van der Waals surface area contributed by atoms with Gasteiger partial charge in [-0.1, -0.05) is 152 Å². The van der Waals surface area contributed by atoms with E-state index >= 15 is 0 Å². The Morgan fingerprint density at radius 2 is 0.786 bits per heavy atom. The van der Waals surface area contributed by atoms with Gasteiger partial charge < -0.3 is 9.47 Å². The molecule has 0 saturated carbocycles. The molecule has 1 heterocycles. The van der Waals surface area contributed by atoms with Crippen LogP contribution in [0.25, 0.3) is 82.1 Å². The first-order valence-corrected chi connectivity index (χ1v) is 18.9. The number of hydrogen-bond acceptors (Lipinski definition) is 1. The SMILES string of the molecule is [2H]c1c([2H])c([2H])c(-n2c3ccccc3c3cc(-c4ccc(N(c5ccc(-c6ccccc6)cc5)c5ccc6c7ccccc7c7ccccc7c6c5)cc4)ccc32)c([2H])c1[2H]. The first kappa shape index (κ1) is 27.2. The maximum absolute atomic E-state index is 8.78. The highest BCUT2D eigenvalue weighted by atomic mass is 15.1. The van der Waals surface area contributed by atoms with Gasteiger partial charge in [0.05, 0.1) is 17.9 Å². The molecule has 11 rings (SSSR count). The van der Waals surface area contributed by atoms with E-state index in [2.05, 4.69) is 150 Å². The van der Waals surface area contributed by atoms with Crippen LogP contribution in [-0.4, -0.2) is 4.57 Å². The molecule has 0 spiro atoms. The monoisotopic (exact) mass is 717 g/mol. The fourth-order valence-electron chi connectivity index (χ4n) is 8.47. The van der Waals surface area contributed by atoms with E-state index in [1.807, 2.05) is 42.5 Å². The molecule has 2 heteroatoms. The number of benzene rings is 10. The predicted molar refractivity (Wildman–Crippen MR) is 239 cm³/mol. The minimum absolute atomic E-state index is 0.140. The molecular weight excluding hydrogens is 677 g/mol. The lowest BCUT2D eigenvalue weighted by Gasteiger charge is -2.26. The molecule has 0 atom stereocenters. The molecule has 0 fully saturated rings. The second-order valence-electron chi connectivity index (χ2n) is 14.2. The van der Waals surface area contributed by atoms with Gasteiger partial charge in [-0.2, -0.15) is 0 Å². The third-order valence-electron chi connectivity index (χ3n) is 11.1. The quantitative estimate of drug-likeness (QED) is 0.156. The van der Waals surface area contributed by atoms with Gasteiger partial charge in [-0.3, -0.25) is 0 Å². The molecule has 0 unspecified atom stereocenters. The number of nitrogens with zero attached hydrogens (tertiary/aromatic N) is 2. The van der Waals surface area contributed by atoms with Crippen molar-refractivity contribution in [1.82, 2.24) is 4.57 Å². The highest BCUT2D eigenvalue weighted by molar-refractivity contribution is 6.25. The van der Waals surface area contributed by atoms with E-state index in [4.69, 9.17) is 6.85 Å². The summed E-state index contributed by atoms with van der Waals surface area (Å²) >= 11 is 0. The van der Waals surface area contributed by atoms with Crippen LogP contribution in [0.2, 0.25) is 0 Å². The summed E-state index contributed by atoms with van der Waals surface area (Å²) in [6.07, 6.45) is 0. The summed E-state index contributed by atoms with van der Waals surface area (Å²) in [7, 11) is 0. The molecule has 0 bridgehead atoms. The molecule has 56 heavy (non-hydrogen) atoms. The van der Waals surface area contributed by atoms with E-state index in [-0.39, 0.29) is 29.9 Å². The number of aromatic nitrogens is 1. The van der Waals surface area contributed by atoms with Gasteiger partial charge in [0.1, 0.15) is 0 Å². The van der Waals surface area contributed by atoms with Gasteiger partial charge in [0.15, 0.2) is 0 Å². The van der Waals surface area contributed by atoms with Crippen LogP contribution in [0.3, 0.4) is 0 Å². The maximum atomic E-state index is 8.78. The summed E-state index contributed by atoms with van der Waals surface area (Å²) in [6, 6.07) is 64.4. The van der Waals surface area contributed by atoms with Crippen molar-refractivity contribution in [2.24, 2.45) is 0 Å². The fraction of sp³-hybridized carbons (Fsp3) is 0. The standard InChI is InChI=1S/C54H36N2/c1-3-13-37(14-4-1)38-23-28-42(29-24-38)55(44-32-33-49-47-19-8-7-17-45(47)46-18-9-10-20-48(46)51(49)36-44)43-30-25-39(26-31-43)40-27-34-54-52(35-40)50-21-11-12-22-53(50)56(54)41-15-5-2-6-16-41/h1-36H/i2D,5D,6D,15D,16D. The van der Waals surface area contributed by atoms with Crippen molar-refractivity contribution in [1.29, 1.82) is 0 Å². The minimum Gasteiger partial charge on any atom is -0.310 e. The lowest BCUT2D eigenvalue weighted by molar-refractivity contribution is 1.18. The Bertz CT molecular complexity index is 3460. The van der Waals surface area contributed by atoms with Gasteiger partial charge in [0.2, 0.25) is 0 Å². The average Bonchev–Trinajstić information content (AvgIpc) is 3.64. The molecule has 0 amide bonds. The van der Waals surface area contributed by atoms with E-state index in [9.17, 15) is 0 Å². The van der Waals surface area contributed by atoms with Gasteiger partial charge in [-0.25, -0.2) is 0 Å². The molecule has 0 radical (unpaired) electrons. The third-order valence-corrected chi connectivity index (χ3v) is 11.1. The van der Waals surface area contributed by atoms with Gasteiger partial charge >= 0.3 is 0 Å². The van der Waals surface area contributed by atoms with E-state index in [1.165, 1.54) is 37.9 Å². The zero-order valence-corrected chi connectivity index (χ0v) is 30.3. The van der Waals surface area contributed by atoms with Crippen LogP contribution in [0, 0.1) is 0 Å². The topological polar surface area (TPSA) is 8.17 Å². The Labute approximate surface area is 332 Å². The van der Waals surface area contributed by atoms with Crippen LogP contribution in [0.4, 0.5) is 17.1 Å². The number of rotatable bonds is 6. The largest absolute Gasteiger partial charge is 0.310 e. The van der Waals surface area contributed by atoms with Gasteiger partial charge in [0.25, 0.3) is 0 Å². The number of hydrogen-bond donors (Lipinski definition) is 0. The summed E-state index contributed by atoms with van der Waals surface area (Å²) in [6.45, 7) is 0. The molecular formula is C54H36N2. The fourth-order valence-corrected chi connectivity index (χ4v) is 8.47. The van der Waals surface area contributed by atoms with E-state index in [0.717, 1.165) is 55.6 Å². The highest BCUT2D eigenvalue weighted by Gasteiger charge is 2.17. The van der Waals surface area contributed by atoms with Crippen LogP contribution in [-0.2, 0) is 0 Å². The van der Waals surface area contributed by atoms with Crippen molar-refractivity contribution in [2.75, 3.05) is 4.90 Å². The first-order valence-electron chi connectivity index (χ1n) is 21.4. The number of fused-ring (bicyclic) bond motifs is 9. The minimum atomic E-state index is -0.407. The molecule has 2 nitrogen and oxygen atoms in total. The summed E-state index contributed by atoms with van der Waals surface area (Å²) in [5.41, 5.74) is 9.14. The van der Waals surface area contributed by atoms with Gasteiger partial charge in [-0.05, 0) is 121 Å². The van der Waals surface area contributed by atoms with Crippen molar-refractivity contribution in [3.8, 4) is 27.9 Å². The first-order chi connectivity index (χ1) is 29.9. The van der Waals surface area contributed by atoms with Crippen molar-refractivity contribution < 1.29 is 6.85 Å². The van der Waals surface area contributed by atoms with Crippen LogP contribution in [0.15, 0.2) is 218 Å². The summed E-state index contributed by atoms with van der Waals surface area (Å²) in [5.74, 6) is 0. The average molecular weight is 718 g/mol. The van der Waals surface area contributed by atoms with Gasteiger partial charge in [0, 0.05) is 33.5 Å². The van der Waals surface area contributed by atoms with Crippen molar-refractivity contribution >= 4 is 71.2 Å². The molecule has 0 aliphatic heterocycles. The van der Waals surface area contributed by atoms with Gasteiger partial charge in [-0.15, -0.1) is 0 Å². The zero-order valence-electron chi connectivity index (χ0n) is 35.3. The van der Waals surface area contributed by atoms with Crippen molar-refractivity contribution in [3.63, 3.8) is 0 Å². The lowest BCUT2D eigenvalue weighted by atomic mass is 9.94. The third kappa shape index (κ3) is 5.26. The molecule has 0 saturated heterocycles. The maximum Gasteiger partial charge on any atom is 0.0645 e. The molecule has 0 aliphatic carbocycles. The van der Waals surface area contributed by atoms with E-state index < -0.39 is 6.04 Å².